The number of carboxylic acid groups (broad SMARTS) is 1. The lowest BCUT2D eigenvalue weighted by molar-refractivity contribution is -0.145. The summed E-state index contributed by atoms with van der Waals surface area (Å²) in [4.78, 5) is 61.4. The van der Waals surface area contributed by atoms with Crippen LogP contribution in [0, 0.1) is 5.92 Å². The first-order chi connectivity index (χ1) is 11.0. The third-order valence-electron chi connectivity index (χ3n) is 1.89. The Morgan fingerprint density at radius 1 is 1.00 bits per heavy atom. The summed E-state index contributed by atoms with van der Waals surface area (Å²) in [5, 5.41) is 7.91. The van der Waals surface area contributed by atoms with Gasteiger partial charge in [0.2, 0.25) is 5.78 Å². The number of rotatable bonds is 6. The first kappa shape index (κ1) is 30.1. The quantitative estimate of drug-likeness (QED) is 0.431. The maximum absolute atomic E-state index is 10.9. The normalized spacial score (nSPS) is 8.17. The van der Waals surface area contributed by atoms with Crippen molar-refractivity contribution in [3.63, 3.8) is 0 Å². The molecule has 0 aromatic rings. The van der Waals surface area contributed by atoms with E-state index >= 15 is 0 Å². The summed E-state index contributed by atoms with van der Waals surface area (Å²) < 4.78 is 0. The highest BCUT2D eigenvalue weighted by Crippen LogP contribution is 2.02. The summed E-state index contributed by atoms with van der Waals surface area (Å²) in [6, 6.07) is 0. The Bertz CT molecular complexity index is 403. The second-order valence-corrected chi connectivity index (χ2v) is 5.18. The fourth-order valence-corrected chi connectivity index (χ4v) is 1.07. The zero-order valence-electron chi connectivity index (χ0n) is 15.4. The molecule has 0 radical (unpaired) electrons. The molecule has 7 nitrogen and oxygen atoms in total. The smallest absolute Gasteiger partial charge is 0.303 e. The van der Waals surface area contributed by atoms with Crippen LogP contribution in [0.3, 0.4) is 0 Å². The van der Waals surface area contributed by atoms with Gasteiger partial charge in [-0.3, -0.25) is 24.0 Å². The number of aliphatic carboxylic acids is 1. The van der Waals surface area contributed by atoms with Crippen LogP contribution < -0.4 is 0 Å². The van der Waals surface area contributed by atoms with Gasteiger partial charge in [-0.2, -0.15) is 11.8 Å². The van der Waals surface area contributed by atoms with E-state index in [4.69, 9.17) is 9.90 Å². The van der Waals surface area contributed by atoms with Crippen molar-refractivity contribution in [1.29, 1.82) is 0 Å². The summed E-state index contributed by atoms with van der Waals surface area (Å²) >= 11 is 1.75. The number of carboxylic acids is 1. The van der Waals surface area contributed by atoms with Crippen molar-refractivity contribution < 1.29 is 33.9 Å². The molecular formula is C16H28O7S. The molecule has 1 N–H and O–H groups in total. The summed E-state index contributed by atoms with van der Waals surface area (Å²) in [6.45, 7) is 6.56. The molecule has 140 valence electrons. The van der Waals surface area contributed by atoms with Gasteiger partial charge in [-0.15, -0.1) is 0 Å². The zero-order valence-corrected chi connectivity index (χ0v) is 16.2. The van der Waals surface area contributed by atoms with Crippen molar-refractivity contribution in [1.82, 2.24) is 0 Å². The molecule has 0 heterocycles. The van der Waals surface area contributed by atoms with Crippen LogP contribution >= 0.6 is 11.8 Å². The number of Topliss-reactive ketones (excluding diaryl/α,β-unsaturated/α-hetero) is 4. The monoisotopic (exact) mass is 364 g/mol. The van der Waals surface area contributed by atoms with Gasteiger partial charge in [0.05, 0.1) is 0 Å². The Kier molecular flexibility index (Phi) is 26.5. The lowest BCUT2D eigenvalue weighted by Crippen LogP contribution is -2.32. The van der Waals surface area contributed by atoms with Crippen molar-refractivity contribution in [3.05, 3.63) is 0 Å². The number of hydrogen-bond donors (Lipinski definition) is 1. The van der Waals surface area contributed by atoms with E-state index in [1.807, 2.05) is 19.4 Å². The fourth-order valence-electron chi connectivity index (χ4n) is 1.07. The Morgan fingerprint density at radius 3 is 1.33 bits per heavy atom. The van der Waals surface area contributed by atoms with Gasteiger partial charge in [0.25, 0.3) is 0 Å². The number of hydrogen-bond acceptors (Lipinski definition) is 7. The summed E-state index contributed by atoms with van der Waals surface area (Å²) in [5.74, 6) is -4.94. The highest BCUT2D eigenvalue weighted by atomic mass is 32.2. The van der Waals surface area contributed by atoms with E-state index in [9.17, 15) is 24.0 Å². The van der Waals surface area contributed by atoms with Crippen molar-refractivity contribution in [3.8, 4) is 0 Å². The SMILES string of the molecule is CC(=O)C(=O)C(C(C)=O)C(C)=O.CC=O.CCCC(=O)O.CSC. The number of carbonyl (C=O) groups is 6. The van der Waals surface area contributed by atoms with Crippen LogP contribution in [0.4, 0.5) is 0 Å². The molecule has 0 rings (SSSR count). The highest BCUT2D eigenvalue weighted by Gasteiger charge is 2.30. The average molecular weight is 364 g/mol. The lowest BCUT2D eigenvalue weighted by Gasteiger charge is -2.04. The third kappa shape index (κ3) is 25.1. The Morgan fingerprint density at radius 2 is 1.29 bits per heavy atom. The molecule has 0 aromatic carbocycles. The Labute approximate surface area is 147 Å². The molecule has 0 bridgehead atoms. The molecule has 0 unspecified atom stereocenters. The maximum atomic E-state index is 10.9. The molecule has 8 heteroatoms. The number of ketones is 4. The van der Waals surface area contributed by atoms with Crippen molar-refractivity contribution in [2.24, 2.45) is 5.92 Å². The lowest BCUT2D eigenvalue weighted by atomic mass is 9.94. The summed E-state index contributed by atoms with van der Waals surface area (Å²) in [6.07, 6.45) is 5.86. The van der Waals surface area contributed by atoms with Crippen molar-refractivity contribution >= 4 is 47.2 Å². The molecule has 0 aliphatic heterocycles. The zero-order chi connectivity index (χ0) is 20.3. The van der Waals surface area contributed by atoms with Gasteiger partial charge in [0, 0.05) is 13.3 Å². The van der Waals surface area contributed by atoms with Crippen LogP contribution in [0.5, 0.6) is 0 Å². The van der Waals surface area contributed by atoms with Gasteiger partial charge >= 0.3 is 5.97 Å². The van der Waals surface area contributed by atoms with Crippen molar-refractivity contribution in [2.45, 2.75) is 47.5 Å². The minimum Gasteiger partial charge on any atom is -0.481 e. The van der Waals surface area contributed by atoms with Crippen LogP contribution in [0.1, 0.15) is 47.5 Å². The minimum atomic E-state index is -1.39. The third-order valence-corrected chi connectivity index (χ3v) is 1.89. The number of carbonyl (C=O) groups excluding carboxylic acids is 5. The van der Waals surface area contributed by atoms with E-state index in [2.05, 4.69) is 0 Å². The average Bonchev–Trinajstić information content (AvgIpc) is 2.39. The molecule has 0 saturated heterocycles. The Balaban J connectivity index is -0.000000138. The number of thioether (sulfide) groups is 1. The molecule has 0 aromatic heterocycles. The van der Waals surface area contributed by atoms with Crippen LogP contribution in [0.25, 0.3) is 0 Å². The van der Waals surface area contributed by atoms with E-state index in [-0.39, 0.29) is 0 Å². The van der Waals surface area contributed by atoms with Gasteiger partial charge < -0.3 is 9.90 Å². The van der Waals surface area contributed by atoms with Crippen molar-refractivity contribution in [2.75, 3.05) is 12.5 Å². The van der Waals surface area contributed by atoms with Crippen LogP contribution in [-0.4, -0.2) is 53.0 Å². The summed E-state index contributed by atoms with van der Waals surface area (Å²) in [7, 11) is 0. The topological polar surface area (TPSA) is 123 Å². The van der Waals surface area contributed by atoms with E-state index in [0.29, 0.717) is 6.42 Å². The highest BCUT2D eigenvalue weighted by molar-refractivity contribution is 7.97. The molecule has 0 fully saturated rings. The molecular weight excluding hydrogens is 336 g/mol. The largest absolute Gasteiger partial charge is 0.481 e. The summed E-state index contributed by atoms with van der Waals surface area (Å²) in [5.41, 5.74) is 0. The fraction of sp³-hybridized carbons (Fsp3) is 0.625. The first-order valence-electron chi connectivity index (χ1n) is 7.05. The predicted octanol–water partition coefficient (Wildman–Crippen LogP) is 1.99. The standard InChI is InChI=1S/C8H10O4.C4H8O2.C2H4O.C2H6S/c1-4(9)7(5(2)10)8(12)6(3)11;1-2-3-4(5)6;1-2-3;1-3-2/h7H,1-3H3;2-3H2,1H3,(H,5,6);2H,1H3;1-2H3. The van der Waals surface area contributed by atoms with Crippen LogP contribution in [0.15, 0.2) is 0 Å². The Hall–Kier alpha value is -1.83. The van der Waals surface area contributed by atoms with Gasteiger partial charge in [-0.05, 0) is 39.7 Å². The van der Waals surface area contributed by atoms with E-state index in [0.717, 1.165) is 33.5 Å². The molecule has 0 amide bonds. The van der Waals surface area contributed by atoms with Gasteiger partial charge in [-0.1, -0.05) is 6.92 Å². The van der Waals surface area contributed by atoms with Gasteiger partial charge in [0.15, 0.2) is 5.78 Å². The predicted molar refractivity (Wildman–Crippen MR) is 94.3 cm³/mol. The maximum Gasteiger partial charge on any atom is 0.303 e. The molecule has 0 atom stereocenters. The molecule has 0 saturated carbocycles. The first-order valence-corrected chi connectivity index (χ1v) is 8.68. The van der Waals surface area contributed by atoms with Gasteiger partial charge in [0.1, 0.15) is 23.8 Å². The van der Waals surface area contributed by atoms with Gasteiger partial charge in [-0.25, -0.2) is 0 Å². The second-order valence-electron chi connectivity index (χ2n) is 4.36. The molecule has 0 aliphatic carbocycles. The van der Waals surface area contributed by atoms with E-state index in [1.54, 1.807) is 11.8 Å². The number of aldehydes is 1. The van der Waals surface area contributed by atoms with Crippen LogP contribution in [-0.2, 0) is 28.8 Å². The second kappa shape index (κ2) is 21.2. The molecule has 24 heavy (non-hydrogen) atoms. The molecule has 0 spiro atoms. The minimum absolute atomic E-state index is 0.292. The van der Waals surface area contributed by atoms with E-state index in [1.165, 1.54) is 6.92 Å². The van der Waals surface area contributed by atoms with Crippen LogP contribution in [0.2, 0.25) is 0 Å². The van der Waals surface area contributed by atoms with E-state index < -0.39 is 35.0 Å². The molecule has 0 aliphatic rings.